The van der Waals surface area contributed by atoms with E-state index < -0.39 is 6.10 Å². The minimum atomic E-state index is -0.813. The molecule has 1 aliphatic carbocycles. The Morgan fingerprint density at radius 3 is 2.94 bits per heavy atom. The van der Waals surface area contributed by atoms with E-state index in [-0.39, 0.29) is 31.0 Å². The molecule has 1 aromatic carbocycles. The van der Waals surface area contributed by atoms with Gasteiger partial charge in [0.25, 0.3) is 5.91 Å². The minimum absolute atomic E-state index is 0.0839. The molecule has 1 unspecified atom stereocenters. The number of aliphatic imine (C=N–C) groups is 1. The fourth-order valence-electron chi connectivity index (χ4n) is 3.53. The van der Waals surface area contributed by atoms with Gasteiger partial charge in [-0.3, -0.25) is 9.79 Å². The number of benzene rings is 1. The van der Waals surface area contributed by atoms with Crippen molar-refractivity contribution >= 4 is 17.9 Å². The number of hydrogen-bond donors (Lipinski definition) is 3. The second-order valence-electron chi connectivity index (χ2n) is 7.80. The van der Waals surface area contributed by atoms with E-state index in [1.807, 2.05) is 18.2 Å². The molecule has 0 radical (unpaired) electrons. The number of methoxy groups -OCH3 is 1. The SMILES string of the molecule is COCOc1ccc2c(c1)C=NC([C@H](O)CNC(=O)c1cc(NC3CCC3)ncn1)C2. The van der Waals surface area contributed by atoms with E-state index in [1.165, 1.54) is 12.7 Å². The van der Waals surface area contributed by atoms with Crippen molar-refractivity contribution in [1.82, 2.24) is 15.3 Å². The predicted octanol–water partition coefficient (Wildman–Crippen LogP) is 1.56. The Labute approximate surface area is 180 Å². The predicted molar refractivity (Wildman–Crippen MR) is 116 cm³/mol. The second kappa shape index (κ2) is 9.84. The lowest BCUT2D eigenvalue weighted by molar-refractivity contribution is 0.0511. The number of rotatable bonds is 9. The zero-order chi connectivity index (χ0) is 21.6. The molecule has 1 aromatic heterocycles. The number of amides is 1. The normalized spacial score (nSPS) is 18.6. The third-order valence-corrected chi connectivity index (χ3v) is 5.57. The van der Waals surface area contributed by atoms with Gasteiger partial charge in [-0.1, -0.05) is 6.07 Å². The Kier molecular flexibility index (Phi) is 6.73. The molecule has 9 heteroatoms. The molecule has 2 aliphatic rings. The zero-order valence-corrected chi connectivity index (χ0v) is 17.5. The molecule has 31 heavy (non-hydrogen) atoms. The Morgan fingerprint density at radius 2 is 2.16 bits per heavy atom. The number of aliphatic hydroxyl groups excluding tert-OH is 1. The summed E-state index contributed by atoms with van der Waals surface area (Å²) in [5.41, 5.74) is 2.29. The van der Waals surface area contributed by atoms with Gasteiger partial charge >= 0.3 is 0 Å². The molecule has 1 fully saturated rings. The van der Waals surface area contributed by atoms with Crippen molar-refractivity contribution in [3.05, 3.63) is 47.4 Å². The second-order valence-corrected chi connectivity index (χ2v) is 7.80. The van der Waals surface area contributed by atoms with Crippen LogP contribution in [-0.2, 0) is 11.2 Å². The molecule has 1 saturated carbocycles. The Balaban J connectivity index is 1.30. The lowest BCUT2D eigenvalue weighted by atomic mass is 9.93. The number of aromatic nitrogens is 2. The Morgan fingerprint density at radius 1 is 1.29 bits per heavy atom. The Bertz CT molecular complexity index is 947. The van der Waals surface area contributed by atoms with Crippen LogP contribution in [0.2, 0.25) is 0 Å². The average Bonchev–Trinajstić information content (AvgIpc) is 2.78. The van der Waals surface area contributed by atoms with Gasteiger partial charge in [-0.2, -0.15) is 0 Å². The first-order valence-corrected chi connectivity index (χ1v) is 10.4. The monoisotopic (exact) mass is 425 g/mol. The molecule has 4 rings (SSSR count). The summed E-state index contributed by atoms with van der Waals surface area (Å²) in [6.07, 6.45) is 6.32. The van der Waals surface area contributed by atoms with Crippen molar-refractivity contribution < 1.29 is 19.4 Å². The highest BCUT2D eigenvalue weighted by Crippen LogP contribution is 2.24. The zero-order valence-electron chi connectivity index (χ0n) is 17.5. The van der Waals surface area contributed by atoms with Gasteiger partial charge in [-0.25, -0.2) is 9.97 Å². The first-order chi connectivity index (χ1) is 15.1. The van der Waals surface area contributed by atoms with Gasteiger partial charge in [0.15, 0.2) is 6.79 Å². The maximum Gasteiger partial charge on any atom is 0.270 e. The van der Waals surface area contributed by atoms with E-state index in [9.17, 15) is 9.90 Å². The number of carbonyl (C=O) groups is 1. The van der Waals surface area contributed by atoms with Crippen LogP contribution in [0, 0.1) is 0 Å². The number of aliphatic hydroxyl groups is 1. The molecule has 164 valence electrons. The van der Waals surface area contributed by atoms with E-state index in [4.69, 9.17) is 9.47 Å². The molecule has 0 saturated heterocycles. The van der Waals surface area contributed by atoms with Crippen molar-refractivity contribution in [2.24, 2.45) is 4.99 Å². The van der Waals surface area contributed by atoms with Crippen molar-refractivity contribution in [1.29, 1.82) is 0 Å². The maximum absolute atomic E-state index is 12.5. The molecule has 3 N–H and O–H groups in total. The Hall–Kier alpha value is -3.04. The van der Waals surface area contributed by atoms with Gasteiger partial charge in [-0.15, -0.1) is 0 Å². The fourth-order valence-corrected chi connectivity index (χ4v) is 3.53. The van der Waals surface area contributed by atoms with Crippen LogP contribution in [0.15, 0.2) is 35.6 Å². The summed E-state index contributed by atoms with van der Waals surface area (Å²) in [4.78, 5) is 25.1. The van der Waals surface area contributed by atoms with E-state index in [0.717, 1.165) is 24.0 Å². The summed E-state index contributed by atoms with van der Waals surface area (Å²) < 4.78 is 10.4. The number of ether oxygens (including phenoxy) is 2. The van der Waals surface area contributed by atoms with Crippen LogP contribution in [0.4, 0.5) is 5.82 Å². The molecular formula is C22H27N5O4. The van der Waals surface area contributed by atoms with Gasteiger partial charge in [0, 0.05) is 32.0 Å². The van der Waals surface area contributed by atoms with Gasteiger partial charge in [-0.05, 0) is 48.9 Å². The quantitative estimate of drug-likeness (QED) is 0.522. The highest BCUT2D eigenvalue weighted by Gasteiger charge is 2.24. The van der Waals surface area contributed by atoms with Crippen LogP contribution in [0.5, 0.6) is 5.75 Å². The molecule has 1 aliphatic heterocycles. The smallest absolute Gasteiger partial charge is 0.270 e. The highest BCUT2D eigenvalue weighted by molar-refractivity contribution is 5.92. The first kappa shape index (κ1) is 21.2. The molecule has 1 amide bonds. The van der Waals surface area contributed by atoms with E-state index >= 15 is 0 Å². The fraction of sp³-hybridized carbons (Fsp3) is 0.455. The molecule has 2 atom stereocenters. The topological polar surface area (TPSA) is 118 Å². The summed E-state index contributed by atoms with van der Waals surface area (Å²) in [6, 6.07) is 7.45. The van der Waals surface area contributed by atoms with Gasteiger partial charge in [0.05, 0.1) is 12.1 Å². The molecule has 0 bridgehead atoms. The van der Waals surface area contributed by atoms with Crippen LogP contribution in [0.3, 0.4) is 0 Å². The van der Waals surface area contributed by atoms with Crippen molar-refractivity contribution in [2.45, 2.75) is 43.9 Å². The molecule has 0 spiro atoms. The molecule has 9 nitrogen and oxygen atoms in total. The summed E-state index contributed by atoms with van der Waals surface area (Å²) >= 11 is 0. The lowest BCUT2D eigenvalue weighted by Crippen LogP contribution is -2.40. The maximum atomic E-state index is 12.5. The van der Waals surface area contributed by atoms with Crippen LogP contribution in [0.25, 0.3) is 0 Å². The van der Waals surface area contributed by atoms with Crippen molar-refractivity contribution in [3.8, 4) is 5.75 Å². The molecular weight excluding hydrogens is 398 g/mol. The van der Waals surface area contributed by atoms with Gasteiger partial charge < -0.3 is 25.2 Å². The van der Waals surface area contributed by atoms with Crippen molar-refractivity contribution in [3.63, 3.8) is 0 Å². The van der Waals surface area contributed by atoms with E-state index in [0.29, 0.717) is 24.0 Å². The highest BCUT2D eigenvalue weighted by atomic mass is 16.7. The number of carbonyl (C=O) groups excluding carboxylic acids is 1. The summed E-state index contributed by atoms with van der Waals surface area (Å²) in [6.45, 7) is 0.266. The van der Waals surface area contributed by atoms with E-state index in [2.05, 4.69) is 25.6 Å². The van der Waals surface area contributed by atoms with Crippen LogP contribution in [-0.4, -0.2) is 65.8 Å². The standard InChI is InChI=1S/C22H27N5O4/c1-30-13-31-17-6-5-14-8-18(23-10-15(14)7-17)20(28)11-24-22(29)19-9-21(26-12-25-19)27-16-3-2-4-16/h5-7,9-10,12,16,18,20,28H,2-4,8,11,13H2,1H3,(H,24,29)(H,25,26,27)/t18?,20-/m1/s1. The number of fused-ring (bicyclic) bond motifs is 1. The third-order valence-electron chi connectivity index (χ3n) is 5.57. The van der Waals surface area contributed by atoms with Crippen LogP contribution >= 0.6 is 0 Å². The molecule has 2 heterocycles. The summed E-state index contributed by atoms with van der Waals surface area (Å²) in [7, 11) is 1.57. The van der Waals surface area contributed by atoms with Gasteiger partial charge in [0.1, 0.15) is 23.6 Å². The van der Waals surface area contributed by atoms with Crippen LogP contribution in [0.1, 0.15) is 40.9 Å². The number of nitrogens with one attached hydrogen (secondary N) is 2. The minimum Gasteiger partial charge on any atom is -0.468 e. The van der Waals surface area contributed by atoms with Gasteiger partial charge in [0.2, 0.25) is 0 Å². The molecule has 2 aromatic rings. The largest absolute Gasteiger partial charge is 0.468 e. The van der Waals surface area contributed by atoms with Crippen LogP contribution < -0.4 is 15.4 Å². The summed E-state index contributed by atoms with van der Waals surface area (Å²) in [5.74, 6) is 1.00. The third kappa shape index (κ3) is 5.36. The average molecular weight is 425 g/mol. The summed E-state index contributed by atoms with van der Waals surface area (Å²) in [5, 5.41) is 16.6. The van der Waals surface area contributed by atoms with E-state index in [1.54, 1.807) is 19.4 Å². The lowest BCUT2D eigenvalue weighted by Gasteiger charge is -2.26. The van der Waals surface area contributed by atoms with Crippen molar-refractivity contribution in [2.75, 3.05) is 25.8 Å². The number of hydrogen-bond acceptors (Lipinski definition) is 8. The number of nitrogens with zero attached hydrogens (tertiary/aromatic N) is 3. The number of anilines is 1. The first-order valence-electron chi connectivity index (χ1n) is 10.4.